The van der Waals surface area contributed by atoms with Gasteiger partial charge in [-0.2, -0.15) is 0 Å². The average Bonchev–Trinajstić information content (AvgIpc) is 2.84. The van der Waals surface area contributed by atoms with Crippen molar-refractivity contribution in [3.63, 3.8) is 0 Å². The number of amides is 2. The summed E-state index contributed by atoms with van der Waals surface area (Å²) in [6.45, 7) is 2.56. The molecular formula is C19H24N2O2. The number of rotatable bonds is 3. The topological polar surface area (TPSA) is 40.6 Å². The molecule has 122 valence electrons. The van der Waals surface area contributed by atoms with Crippen molar-refractivity contribution in [3.8, 4) is 0 Å². The Hall–Kier alpha value is -2.10. The number of carbonyl (C=O) groups excluding carboxylic acids is 2. The molecule has 0 atom stereocenters. The second kappa shape index (κ2) is 7.44. The highest BCUT2D eigenvalue weighted by Crippen LogP contribution is 2.22. The van der Waals surface area contributed by atoms with E-state index in [1.807, 2.05) is 40.1 Å². The molecule has 3 rings (SSSR count). The first-order valence-electron chi connectivity index (χ1n) is 8.61. The SMILES string of the molecule is O=C(/C=C/c1ccc(N2CCCC2=O)cc1)N1CCCCCC1. The number of hydrogen-bond donors (Lipinski definition) is 0. The third-order valence-electron chi connectivity index (χ3n) is 4.61. The lowest BCUT2D eigenvalue weighted by molar-refractivity contribution is -0.125. The van der Waals surface area contributed by atoms with Crippen LogP contribution >= 0.6 is 0 Å². The predicted molar refractivity (Wildman–Crippen MR) is 92.1 cm³/mol. The van der Waals surface area contributed by atoms with Crippen molar-refractivity contribution < 1.29 is 9.59 Å². The van der Waals surface area contributed by atoms with E-state index in [2.05, 4.69) is 0 Å². The van der Waals surface area contributed by atoms with Crippen molar-refractivity contribution in [2.24, 2.45) is 0 Å². The third-order valence-corrected chi connectivity index (χ3v) is 4.61. The van der Waals surface area contributed by atoms with E-state index in [-0.39, 0.29) is 11.8 Å². The summed E-state index contributed by atoms with van der Waals surface area (Å²) in [5.41, 5.74) is 1.94. The zero-order chi connectivity index (χ0) is 16.1. The molecule has 2 aliphatic rings. The highest BCUT2D eigenvalue weighted by atomic mass is 16.2. The molecule has 0 radical (unpaired) electrons. The fraction of sp³-hybridized carbons (Fsp3) is 0.474. The molecule has 1 aromatic rings. The molecule has 0 aromatic heterocycles. The first-order chi connectivity index (χ1) is 11.2. The van der Waals surface area contributed by atoms with Crippen molar-refractivity contribution >= 4 is 23.6 Å². The van der Waals surface area contributed by atoms with E-state index in [9.17, 15) is 9.59 Å². The molecule has 2 saturated heterocycles. The quantitative estimate of drug-likeness (QED) is 0.804. The molecule has 0 bridgehead atoms. The minimum Gasteiger partial charge on any atom is -0.339 e. The monoisotopic (exact) mass is 312 g/mol. The number of anilines is 1. The van der Waals surface area contributed by atoms with Gasteiger partial charge in [-0.3, -0.25) is 9.59 Å². The van der Waals surface area contributed by atoms with Crippen molar-refractivity contribution in [3.05, 3.63) is 35.9 Å². The maximum absolute atomic E-state index is 12.2. The van der Waals surface area contributed by atoms with Gasteiger partial charge in [0.2, 0.25) is 11.8 Å². The second-order valence-electron chi connectivity index (χ2n) is 6.31. The van der Waals surface area contributed by atoms with Crippen LogP contribution in [-0.2, 0) is 9.59 Å². The molecule has 4 nitrogen and oxygen atoms in total. The van der Waals surface area contributed by atoms with Gasteiger partial charge >= 0.3 is 0 Å². The third kappa shape index (κ3) is 4.01. The Morgan fingerprint density at radius 3 is 2.22 bits per heavy atom. The van der Waals surface area contributed by atoms with Crippen molar-refractivity contribution in [1.82, 2.24) is 4.90 Å². The first kappa shape index (κ1) is 15.8. The van der Waals surface area contributed by atoms with E-state index in [4.69, 9.17) is 0 Å². The number of likely N-dealkylation sites (tertiary alicyclic amines) is 1. The van der Waals surface area contributed by atoms with E-state index in [0.29, 0.717) is 6.42 Å². The van der Waals surface area contributed by atoms with Crippen molar-refractivity contribution in [2.75, 3.05) is 24.5 Å². The zero-order valence-electron chi connectivity index (χ0n) is 13.5. The maximum atomic E-state index is 12.2. The number of benzene rings is 1. The van der Waals surface area contributed by atoms with E-state index in [1.54, 1.807) is 6.08 Å². The Labute approximate surface area is 137 Å². The van der Waals surface area contributed by atoms with E-state index in [1.165, 1.54) is 12.8 Å². The summed E-state index contributed by atoms with van der Waals surface area (Å²) in [5, 5.41) is 0. The standard InChI is InChI=1S/C19H24N2O2/c22-18(20-13-3-1-2-4-14-20)12-9-16-7-10-17(11-8-16)21-15-5-6-19(21)23/h7-12H,1-6,13-15H2/b12-9+. The summed E-state index contributed by atoms with van der Waals surface area (Å²) in [6.07, 6.45) is 9.78. The van der Waals surface area contributed by atoms with Crippen LogP contribution in [0.2, 0.25) is 0 Å². The lowest BCUT2D eigenvalue weighted by Crippen LogP contribution is -2.30. The molecule has 1 aromatic carbocycles. The molecular weight excluding hydrogens is 288 g/mol. The van der Waals surface area contributed by atoms with Gasteiger partial charge in [-0.15, -0.1) is 0 Å². The molecule has 2 fully saturated rings. The van der Waals surface area contributed by atoms with Gasteiger partial charge in [-0.25, -0.2) is 0 Å². The van der Waals surface area contributed by atoms with Crippen LogP contribution in [0.4, 0.5) is 5.69 Å². The maximum Gasteiger partial charge on any atom is 0.246 e. The number of hydrogen-bond acceptors (Lipinski definition) is 2. The van der Waals surface area contributed by atoms with Crippen LogP contribution in [0.1, 0.15) is 44.1 Å². The summed E-state index contributed by atoms with van der Waals surface area (Å²) < 4.78 is 0. The Morgan fingerprint density at radius 2 is 1.61 bits per heavy atom. The number of carbonyl (C=O) groups is 2. The summed E-state index contributed by atoms with van der Waals surface area (Å²) in [7, 11) is 0. The number of nitrogens with zero attached hydrogens (tertiary/aromatic N) is 2. The Balaban J connectivity index is 1.61. The Kier molecular flexibility index (Phi) is 5.11. The second-order valence-corrected chi connectivity index (χ2v) is 6.31. The van der Waals surface area contributed by atoms with E-state index in [0.717, 1.165) is 50.1 Å². The van der Waals surface area contributed by atoms with Crippen LogP contribution in [0, 0.1) is 0 Å². The van der Waals surface area contributed by atoms with Gasteiger partial charge in [0.25, 0.3) is 0 Å². The van der Waals surface area contributed by atoms with E-state index < -0.39 is 0 Å². The molecule has 0 aliphatic carbocycles. The van der Waals surface area contributed by atoms with Crippen LogP contribution in [0.5, 0.6) is 0 Å². The van der Waals surface area contributed by atoms with Crippen LogP contribution in [-0.4, -0.2) is 36.3 Å². The molecule has 2 aliphatic heterocycles. The molecule has 2 amide bonds. The van der Waals surface area contributed by atoms with Crippen LogP contribution in [0.25, 0.3) is 6.08 Å². The van der Waals surface area contributed by atoms with Crippen molar-refractivity contribution in [2.45, 2.75) is 38.5 Å². The van der Waals surface area contributed by atoms with Gasteiger partial charge in [-0.05, 0) is 43.0 Å². The fourth-order valence-electron chi connectivity index (χ4n) is 3.25. The Bertz CT molecular complexity index is 584. The predicted octanol–water partition coefficient (Wildman–Crippen LogP) is 3.23. The summed E-state index contributed by atoms with van der Waals surface area (Å²) >= 11 is 0. The molecule has 2 heterocycles. The summed E-state index contributed by atoms with van der Waals surface area (Å²) in [4.78, 5) is 27.7. The van der Waals surface area contributed by atoms with Crippen LogP contribution < -0.4 is 4.90 Å². The molecule has 0 spiro atoms. The average molecular weight is 312 g/mol. The lowest BCUT2D eigenvalue weighted by Gasteiger charge is -2.18. The minimum absolute atomic E-state index is 0.102. The molecule has 23 heavy (non-hydrogen) atoms. The van der Waals surface area contributed by atoms with E-state index >= 15 is 0 Å². The van der Waals surface area contributed by atoms with Gasteiger partial charge in [-0.1, -0.05) is 25.0 Å². The molecule has 0 unspecified atom stereocenters. The van der Waals surface area contributed by atoms with Gasteiger partial charge in [0, 0.05) is 37.8 Å². The minimum atomic E-state index is 0.102. The van der Waals surface area contributed by atoms with Gasteiger partial charge in [0.15, 0.2) is 0 Å². The zero-order valence-corrected chi connectivity index (χ0v) is 13.5. The lowest BCUT2D eigenvalue weighted by atomic mass is 10.2. The smallest absolute Gasteiger partial charge is 0.246 e. The molecule has 0 saturated carbocycles. The normalized spacial score (nSPS) is 19.4. The largest absolute Gasteiger partial charge is 0.339 e. The van der Waals surface area contributed by atoms with Crippen molar-refractivity contribution in [1.29, 1.82) is 0 Å². The van der Waals surface area contributed by atoms with Gasteiger partial charge in [0.05, 0.1) is 0 Å². The van der Waals surface area contributed by atoms with Crippen LogP contribution in [0.3, 0.4) is 0 Å². The highest BCUT2D eigenvalue weighted by Gasteiger charge is 2.21. The van der Waals surface area contributed by atoms with Gasteiger partial charge < -0.3 is 9.80 Å². The highest BCUT2D eigenvalue weighted by molar-refractivity contribution is 5.95. The van der Waals surface area contributed by atoms with Gasteiger partial charge in [0.1, 0.15) is 0 Å². The summed E-state index contributed by atoms with van der Waals surface area (Å²) in [6, 6.07) is 7.85. The first-order valence-corrected chi connectivity index (χ1v) is 8.61. The fourth-order valence-corrected chi connectivity index (χ4v) is 3.25. The summed E-state index contributed by atoms with van der Waals surface area (Å²) in [5.74, 6) is 0.301. The Morgan fingerprint density at radius 1 is 0.913 bits per heavy atom. The van der Waals surface area contributed by atoms with Crippen LogP contribution in [0.15, 0.2) is 30.3 Å². The molecule has 0 N–H and O–H groups in total. The molecule has 4 heteroatoms.